The van der Waals surface area contributed by atoms with Crippen LogP contribution in [0.25, 0.3) is 5.57 Å². The molecule has 0 bridgehead atoms. The summed E-state index contributed by atoms with van der Waals surface area (Å²) in [6.07, 6.45) is 2.90. The first-order valence-electron chi connectivity index (χ1n) is 9.83. The largest absolute Gasteiger partial charge is 0.375 e. The molecule has 0 atom stereocenters. The van der Waals surface area contributed by atoms with Gasteiger partial charge >= 0.3 is 6.03 Å². The summed E-state index contributed by atoms with van der Waals surface area (Å²) in [5.41, 5.74) is 5.54. The van der Waals surface area contributed by atoms with Crippen LogP contribution in [0.15, 0.2) is 54.6 Å². The fourth-order valence-electron chi connectivity index (χ4n) is 3.82. The second-order valence-electron chi connectivity index (χ2n) is 7.38. The van der Waals surface area contributed by atoms with Gasteiger partial charge < -0.3 is 19.9 Å². The second kappa shape index (κ2) is 8.49. The first kappa shape index (κ1) is 19.2. The van der Waals surface area contributed by atoms with Crippen LogP contribution in [-0.2, 0) is 22.6 Å². The lowest BCUT2D eigenvalue weighted by atomic mass is 9.99. The van der Waals surface area contributed by atoms with Crippen molar-refractivity contribution < 1.29 is 14.3 Å². The number of carbonyl (C=O) groups is 2. The van der Waals surface area contributed by atoms with Crippen molar-refractivity contribution in [2.24, 2.45) is 0 Å². The maximum Gasteiger partial charge on any atom is 0.322 e. The van der Waals surface area contributed by atoms with Crippen LogP contribution in [0.4, 0.5) is 10.5 Å². The first-order valence-corrected chi connectivity index (χ1v) is 9.83. The van der Waals surface area contributed by atoms with Gasteiger partial charge in [0.15, 0.2) is 0 Å². The number of urea groups is 1. The lowest BCUT2D eigenvalue weighted by Crippen LogP contribution is -2.36. The normalized spacial score (nSPS) is 15.7. The van der Waals surface area contributed by atoms with E-state index in [1.54, 1.807) is 4.90 Å². The highest BCUT2D eigenvalue weighted by molar-refractivity contribution is 5.90. The molecule has 0 radical (unpaired) electrons. The predicted octanol–water partition coefficient (Wildman–Crippen LogP) is 3.50. The summed E-state index contributed by atoms with van der Waals surface area (Å²) in [6, 6.07) is 16.0. The van der Waals surface area contributed by atoms with E-state index in [9.17, 15) is 9.59 Å². The van der Waals surface area contributed by atoms with E-state index in [4.69, 9.17) is 4.74 Å². The zero-order valence-electron chi connectivity index (χ0n) is 16.6. The van der Waals surface area contributed by atoms with Crippen LogP contribution in [0.5, 0.6) is 0 Å². The molecule has 1 N–H and O–H groups in total. The number of nitrogens with zero attached hydrogens (tertiary/aromatic N) is 2. The molecule has 2 aliphatic rings. The van der Waals surface area contributed by atoms with Gasteiger partial charge in [-0.25, -0.2) is 4.79 Å². The van der Waals surface area contributed by atoms with Crippen molar-refractivity contribution in [3.05, 3.63) is 71.3 Å². The Bertz CT molecular complexity index is 912. The predicted molar refractivity (Wildman–Crippen MR) is 112 cm³/mol. The molecule has 150 valence electrons. The Kier molecular flexibility index (Phi) is 5.62. The third-order valence-corrected chi connectivity index (χ3v) is 5.46. The van der Waals surface area contributed by atoms with E-state index in [-0.39, 0.29) is 18.5 Å². The number of carbonyl (C=O) groups excluding carboxylic acids is 2. The second-order valence-corrected chi connectivity index (χ2v) is 7.38. The summed E-state index contributed by atoms with van der Waals surface area (Å²) in [4.78, 5) is 28.1. The van der Waals surface area contributed by atoms with Crippen molar-refractivity contribution in [1.29, 1.82) is 0 Å². The van der Waals surface area contributed by atoms with Gasteiger partial charge in [-0.05, 0) is 40.8 Å². The van der Waals surface area contributed by atoms with E-state index in [2.05, 4.69) is 23.5 Å². The molecule has 6 heteroatoms. The molecule has 2 heterocycles. The van der Waals surface area contributed by atoms with E-state index in [1.165, 1.54) is 23.8 Å². The van der Waals surface area contributed by atoms with Crippen molar-refractivity contribution in [2.45, 2.75) is 19.5 Å². The maximum atomic E-state index is 12.6. The van der Waals surface area contributed by atoms with Gasteiger partial charge in [0.1, 0.15) is 6.61 Å². The SMILES string of the molecule is COCC(=O)N1CC=C(c2ccc(NC(=O)N3Cc4ccccc4C3)cc2)CC1. The molecular weight excluding hydrogens is 366 g/mol. The molecule has 4 rings (SSSR count). The van der Waals surface area contributed by atoms with Gasteiger partial charge in [0, 0.05) is 39.0 Å². The monoisotopic (exact) mass is 391 g/mol. The summed E-state index contributed by atoms with van der Waals surface area (Å²) in [6.45, 7) is 2.71. The van der Waals surface area contributed by atoms with E-state index in [1.807, 2.05) is 41.3 Å². The van der Waals surface area contributed by atoms with Crippen molar-refractivity contribution in [1.82, 2.24) is 9.80 Å². The highest BCUT2D eigenvalue weighted by atomic mass is 16.5. The van der Waals surface area contributed by atoms with E-state index < -0.39 is 0 Å². The Hall–Kier alpha value is -3.12. The molecule has 0 aliphatic carbocycles. The van der Waals surface area contributed by atoms with Crippen LogP contribution >= 0.6 is 0 Å². The van der Waals surface area contributed by atoms with Gasteiger partial charge in [0.05, 0.1) is 0 Å². The third kappa shape index (κ3) is 4.32. The fraction of sp³-hybridized carbons (Fsp3) is 0.304. The lowest BCUT2D eigenvalue weighted by Gasteiger charge is -2.26. The molecule has 2 aromatic carbocycles. The molecule has 0 aromatic heterocycles. The van der Waals surface area contributed by atoms with Crippen molar-refractivity contribution in [3.63, 3.8) is 0 Å². The highest BCUT2D eigenvalue weighted by Crippen LogP contribution is 2.25. The summed E-state index contributed by atoms with van der Waals surface area (Å²) in [5, 5.41) is 2.99. The van der Waals surface area contributed by atoms with Gasteiger partial charge in [0.25, 0.3) is 0 Å². The van der Waals surface area contributed by atoms with Gasteiger partial charge in [-0.15, -0.1) is 0 Å². The molecule has 0 saturated carbocycles. The Morgan fingerprint density at radius 2 is 1.69 bits per heavy atom. The number of benzene rings is 2. The number of hydrogen-bond donors (Lipinski definition) is 1. The quantitative estimate of drug-likeness (QED) is 0.868. The highest BCUT2D eigenvalue weighted by Gasteiger charge is 2.23. The zero-order chi connectivity index (χ0) is 20.2. The van der Waals surface area contributed by atoms with Crippen LogP contribution in [0.3, 0.4) is 0 Å². The van der Waals surface area contributed by atoms with Gasteiger partial charge in [-0.2, -0.15) is 0 Å². The smallest absolute Gasteiger partial charge is 0.322 e. The molecule has 0 unspecified atom stereocenters. The minimum atomic E-state index is -0.0851. The number of anilines is 1. The molecule has 6 nitrogen and oxygen atoms in total. The Balaban J connectivity index is 1.34. The molecule has 0 spiro atoms. The van der Waals surface area contributed by atoms with E-state index in [0.717, 1.165) is 17.7 Å². The molecule has 0 fully saturated rings. The van der Waals surface area contributed by atoms with E-state index >= 15 is 0 Å². The summed E-state index contributed by atoms with van der Waals surface area (Å²) in [7, 11) is 1.53. The molecule has 2 aliphatic heterocycles. The van der Waals surface area contributed by atoms with Gasteiger partial charge in [-0.3, -0.25) is 4.79 Å². The molecule has 29 heavy (non-hydrogen) atoms. The number of ether oxygens (including phenoxy) is 1. The van der Waals surface area contributed by atoms with Crippen LogP contribution < -0.4 is 5.32 Å². The molecule has 2 aromatic rings. The first-order chi connectivity index (χ1) is 14.1. The number of fused-ring (bicyclic) bond motifs is 1. The molecule has 3 amide bonds. The average Bonchev–Trinajstić information content (AvgIpc) is 3.19. The molecule has 0 saturated heterocycles. The van der Waals surface area contributed by atoms with Crippen molar-refractivity contribution in [2.75, 3.05) is 32.1 Å². The van der Waals surface area contributed by atoms with Gasteiger partial charge in [-0.1, -0.05) is 42.5 Å². The van der Waals surface area contributed by atoms with E-state index in [0.29, 0.717) is 26.2 Å². The standard InChI is InChI=1S/C23H25N3O3/c1-29-16-22(27)25-12-10-18(11-13-25)17-6-8-21(9-7-17)24-23(28)26-14-19-4-2-3-5-20(19)15-26/h2-10H,11-16H2,1H3,(H,24,28). The van der Waals surface area contributed by atoms with Crippen LogP contribution in [-0.4, -0.2) is 48.5 Å². The Labute approximate surface area is 170 Å². The number of amides is 3. The van der Waals surface area contributed by atoms with Crippen LogP contribution in [0, 0.1) is 0 Å². The maximum absolute atomic E-state index is 12.6. The van der Waals surface area contributed by atoms with Crippen LogP contribution in [0.2, 0.25) is 0 Å². The lowest BCUT2D eigenvalue weighted by molar-refractivity contribution is -0.134. The average molecular weight is 391 g/mol. The zero-order valence-corrected chi connectivity index (χ0v) is 16.6. The number of rotatable bonds is 4. The summed E-state index contributed by atoms with van der Waals surface area (Å²) < 4.78 is 4.92. The number of hydrogen-bond acceptors (Lipinski definition) is 3. The molecular formula is C23H25N3O3. The Morgan fingerprint density at radius 1 is 1.00 bits per heavy atom. The van der Waals surface area contributed by atoms with Crippen molar-refractivity contribution >= 4 is 23.2 Å². The van der Waals surface area contributed by atoms with Gasteiger partial charge in [0.2, 0.25) is 5.91 Å². The summed E-state index contributed by atoms with van der Waals surface area (Å²) in [5.74, 6) is 0.0184. The van der Waals surface area contributed by atoms with Crippen molar-refractivity contribution in [3.8, 4) is 0 Å². The topological polar surface area (TPSA) is 61.9 Å². The minimum Gasteiger partial charge on any atom is -0.375 e. The number of methoxy groups -OCH3 is 1. The minimum absolute atomic E-state index is 0.0184. The van der Waals surface area contributed by atoms with Crippen LogP contribution in [0.1, 0.15) is 23.1 Å². The fourth-order valence-corrected chi connectivity index (χ4v) is 3.82. The Morgan fingerprint density at radius 3 is 2.28 bits per heavy atom. The number of nitrogens with one attached hydrogen (secondary N) is 1. The summed E-state index contributed by atoms with van der Waals surface area (Å²) >= 11 is 0. The third-order valence-electron chi connectivity index (χ3n) is 5.46.